The van der Waals surface area contributed by atoms with E-state index in [-0.39, 0.29) is 11.9 Å². The summed E-state index contributed by atoms with van der Waals surface area (Å²) in [5.41, 5.74) is 7.75. The van der Waals surface area contributed by atoms with Gasteiger partial charge in [0.2, 0.25) is 5.91 Å². The highest BCUT2D eigenvalue weighted by Crippen LogP contribution is 2.21. The van der Waals surface area contributed by atoms with Crippen LogP contribution in [0.1, 0.15) is 33.3 Å². The maximum Gasteiger partial charge on any atom is 0.239 e. The van der Waals surface area contributed by atoms with E-state index in [1.807, 2.05) is 51.1 Å². The number of hydrogen-bond acceptors (Lipinski definition) is 5. The molecule has 1 amide bonds. The van der Waals surface area contributed by atoms with Gasteiger partial charge in [0.05, 0.1) is 17.6 Å². The highest BCUT2D eigenvalue weighted by atomic mass is 16.7. The van der Waals surface area contributed by atoms with Crippen LogP contribution in [0.4, 0.5) is 0 Å². The molecule has 2 N–H and O–H groups in total. The fraction of sp³-hybridized carbons (Fsp3) is 0.500. The zero-order valence-electron chi connectivity index (χ0n) is 16.0. The first-order valence-electron chi connectivity index (χ1n) is 9.11. The Kier molecular flexibility index (Phi) is 7.50. The average molecular weight is 359 g/mol. The second-order valence-electron chi connectivity index (χ2n) is 6.27. The summed E-state index contributed by atoms with van der Waals surface area (Å²) in [6, 6.07) is 8.99. The van der Waals surface area contributed by atoms with Crippen molar-refractivity contribution in [3.05, 3.63) is 42.1 Å². The Morgan fingerprint density at radius 3 is 2.42 bits per heavy atom. The zero-order valence-corrected chi connectivity index (χ0v) is 16.0. The Morgan fingerprint density at radius 1 is 1.15 bits per heavy atom. The van der Waals surface area contributed by atoms with Crippen LogP contribution in [0.15, 0.2) is 36.5 Å². The van der Waals surface area contributed by atoms with Crippen LogP contribution in [0.2, 0.25) is 0 Å². The van der Waals surface area contributed by atoms with E-state index in [1.54, 1.807) is 18.0 Å². The monoisotopic (exact) mass is 359 g/mol. The van der Waals surface area contributed by atoms with Crippen molar-refractivity contribution >= 4 is 16.8 Å². The molecular weight excluding hydrogens is 330 g/mol. The predicted octanol–water partition coefficient (Wildman–Crippen LogP) is 2.70. The number of benzene rings is 1. The third-order valence-corrected chi connectivity index (χ3v) is 4.28. The summed E-state index contributed by atoms with van der Waals surface area (Å²) < 4.78 is 11.4. The maximum absolute atomic E-state index is 12.8. The molecule has 6 nitrogen and oxygen atoms in total. The van der Waals surface area contributed by atoms with Gasteiger partial charge >= 0.3 is 0 Å². The lowest BCUT2D eigenvalue weighted by Crippen LogP contribution is -2.51. The van der Waals surface area contributed by atoms with Gasteiger partial charge in [-0.2, -0.15) is 0 Å². The third kappa shape index (κ3) is 4.78. The van der Waals surface area contributed by atoms with Crippen LogP contribution in [0, 0.1) is 0 Å². The molecule has 1 aromatic carbocycles. The van der Waals surface area contributed by atoms with Crippen LogP contribution >= 0.6 is 0 Å². The molecule has 2 aromatic rings. The SMILES string of the molecule is CCOC(OCC)[C@@H](C)N(Cc1cccc2cccnc12)C(=O)[C@H](C)N. The molecule has 26 heavy (non-hydrogen) atoms. The number of ether oxygens (including phenoxy) is 2. The first kappa shape index (κ1) is 20.3. The number of nitrogens with zero attached hydrogens (tertiary/aromatic N) is 2. The van der Waals surface area contributed by atoms with Crippen molar-refractivity contribution in [2.75, 3.05) is 13.2 Å². The minimum atomic E-state index is -0.607. The highest BCUT2D eigenvalue weighted by Gasteiger charge is 2.30. The standard InChI is InChI=1S/C20H29N3O3/c1-5-25-20(26-6-2)15(4)23(19(24)14(3)21)13-17-10-7-9-16-11-8-12-22-18(16)17/h7-12,14-15,20H,5-6,13,21H2,1-4H3/t14-,15+/m0/s1. The summed E-state index contributed by atoms with van der Waals surface area (Å²) in [6.07, 6.45) is 1.26. The largest absolute Gasteiger partial charge is 0.351 e. The Labute approximate surface area is 155 Å². The molecule has 0 bridgehead atoms. The van der Waals surface area contributed by atoms with Gasteiger partial charge in [-0.15, -0.1) is 0 Å². The number of nitrogens with two attached hydrogens (primary N) is 1. The van der Waals surface area contributed by atoms with E-state index in [2.05, 4.69) is 4.98 Å². The molecule has 0 aliphatic heterocycles. The van der Waals surface area contributed by atoms with Gasteiger partial charge in [0.25, 0.3) is 0 Å². The van der Waals surface area contributed by atoms with Crippen LogP contribution in [0.3, 0.4) is 0 Å². The number of carbonyl (C=O) groups excluding carboxylic acids is 1. The number of aromatic nitrogens is 1. The normalized spacial score (nSPS) is 13.8. The van der Waals surface area contributed by atoms with E-state index in [1.165, 1.54) is 0 Å². The van der Waals surface area contributed by atoms with Crippen LogP contribution in [-0.2, 0) is 20.8 Å². The fourth-order valence-corrected chi connectivity index (χ4v) is 2.96. The molecule has 0 unspecified atom stereocenters. The lowest BCUT2D eigenvalue weighted by Gasteiger charge is -2.35. The van der Waals surface area contributed by atoms with Gasteiger partial charge < -0.3 is 20.1 Å². The molecule has 1 heterocycles. The number of rotatable bonds is 9. The minimum Gasteiger partial charge on any atom is -0.351 e. The van der Waals surface area contributed by atoms with Crippen LogP contribution < -0.4 is 5.73 Å². The lowest BCUT2D eigenvalue weighted by molar-refractivity contribution is -0.179. The highest BCUT2D eigenvalue weighted by molar-refractivity contribution is 5.84. The summed E-state index contributed by atoms with van der Waals surface area (Å²) in [5, 5.41) is 1.04. The Balaban J connectivity index is 2.36. The number of pyridine rings is 1. The summed E-state index contributed by atoms with van der Waals surface area (Å²) in [5.74, 6) is -0.144. The molecule has 0 spiro atoms. The summed E-state index contributed by atoms with van der Waals surface area (Å²) in [6.45, 7) is 8.84. The molecular formula is C20H29N3O3. The number of fused-ring (bicyclic) bond motifs is 1. The molecule has 2 atom stereocenters. The van der Waals surface area contributed by atoms with E-state index >= 15 is 0 Å². The van der Waals surface area contributed by atoms with Gasteiger partial charge in [-0.3, -0.25) is 9.78 Å². The van der Waals surface area contributed by atoms with E-state index in [0.717, 1.165) is 16.5 Å². The van der Waals surface area contributed by atoms with Gasteiger partial charge in [-0.25, -0.2) is 0 Å². The van der Waals surface area contributed by atoms with Crippen molar-refractivity contribution in [1.29, 1.82) is 0 Å². The Hall–Kier alpha value is -2.02. The number of amides is 1. The molecule has 0 fully saturated rings. The van der Waals surface area contributed by atoms with E-state index in [4.69, 9.17) is 15.2 Å². The van der Waals surface area contributed by atoms with Crippen LogP contribution in [0.5, 0.6) is 0 Å². The molecule has 2 rings (SSSR count). The van der Waals surface area contributed by atoms with Crippen molar-refractivity contribution < 1.29 is 14.3 Å². The third-order valence-electron chi connectivity index (χ3n) is 4.28. The van der Waals surface area contributed by atoms with E-state index < -0.39 is 12.3 Å². The molecule has 0 saturated carbocycles. The summed E-state index contributed by atoms with van der Waals surface area (Å²) in [7, 11) is 0. The lowest BCUT2D eigenvalue weighted by atomic mass is 10.1. The van der Waals surface area contributed by atoms with Crippen molar-refractivity contribution in [3.8, 4) is 0 Å². The fourth-order valence-electron chi connectivity index (χ4n) is 2.96. The Bertz CT molecular complexity index is 709. The average Bonchev–Trinajstić information content (AvgIpc) is 2.65. The maximum atomic E-state index is 12.8. The predicted molar refractivity (Wildman–Crippen MR) is 102 cm³/mol. The quantitative estimate of drug-likeness (QED) is 0.697. The summed E-state index contributed by atoms with van der Waals surface area (Å²) in [4.78, 5) is 19.0. The zero-order chi connectivity index (χ0) is 19.1. The first-order chi connectivity index (χ1) is 12.5. The van der Waals surface area contributed by atoms with Gasteiger partial charge in [0.15, 0.2) is 6.29 Å². The molecule has 1 aromatic heterocycles. The minimum absolute atomic E-state index is 0.144. The van der Waals surface area contributed by atoms with Crippen LogP contribution in [-0.4, -0.2) is 47.4 Å². The van der Waals surface area contributed by atoms with Crippen molar-refractivity contribution in [3.63, 3.8) is 0 Å². The second kappa shape index (κ2) is 9.62. The topological polar surface area (TPSA) is 77.7 Å². The molecule has 0 radical (unpaired) electrons. The van der Waals surface area contributed by atoms with Gasteiger partial charge in [0, 0.05) is 31.3 Å². The van der Waals surface area contributed by atoms with Crippen LogP contribution in [0.25, 0.3) is 10.9 Å². The van der Waals surface area contributed by atoms with Gasteiger partial charge in [-0.05, 0) is 39.3 Å². The number of para-hydroxylation sites is 1. The molecule has 0 aliphatic carbocycles. The van der Waals surface area contributed by atoms with E-state index in [9.17, 15) is 4.79 Å². The molecule has 6 heteroatoms. The van der Waals surface area contributed by atoms with Gasteiger partial charge in [-0.1, -0.05) is 24.3 Å². The van der Waals surface area contributed by atoms with Crippen molar-refractivity contribution in [2.45, 2.75) is 52.6 Å². The Morgan fingerprint density at radius 2 is 1.81 bits per heavy atom. The summed E-state index contributed by atoms with van der Waals surface area (Å²) >= 11 is 0. The molecule has 142 valence electrons. The van der Waals surface area contributed by atoms with E-state index in [0.29, 0.717) is 19.8 Å². The number of carbonyl (C=O) groups is 1. The smallest absolute Gasteiger partial charge is 0.239 e. The van der Waals surface area contributed by atoms with Crippen molar-refractivity contribution in [2.24, 2.45) is 5.73 Å². The molecule has 0 saturated heterocycles. The van der Waals surface area contributed by atoms with Crippen molar-refractivity contribution in [1.82, 2.24) is 9.88 Å². The first-order valence-corrected chi connectivity index (χ1v) is 9.11. The molecule has 0 aliphatic rings. The second-order valence-corrected chi connectivity index (χ2v) is 6.27. The number of hydrogen-bond donors (Lipinski definition) is 1. The van der Waals surface area contributed by atoms with Gasteiger partial charge in [0.1, 0.15) is 0 Å².